The molecule has 0 spiro atoms. The number of hydrogen-bond acceptors (Lipinski definition) is 9. The predicted octanol–water partition coefficient (Wildman–Crippen LogP) is 1.37. The van der Waals surface area contributed by atoms with Crippen LogP contribution in [0.3, 0.4) is 0 Å². The van der Waals surface area contributed by atoms with Crippen molar-refractivity contribution in [3.05, 3.63) is 33.8 Å². The molecule has 3 N–H and O–H groups in total. The molecule has 13 nitrogen and oxygen atoms in total. The van der Waals surface area contributed by atoms with Crippen LogP contribution in [0, 0.1) is 5.92 Å². The van der Waals surface area contributed by atoms with E-state index in [-0.39, 0.29) is 66.3 Å². The SMILES string of the molecule is CC(C)C[C@H](NC(=O)CCC(=O)c1cc(Cl)ccc1Cl)[B-]12OC(=O)C[N+]1(CCN(CC(=O)O)CC(=O)O)CC(=O)O2. The van der Waals surface area contributed by atoms with Crippen LogP contribution in [0.2, 0.25) is 10.0 Å². The first-order valence-electron chi connectivity index (χ1n) is 13.0. The van der Waals surface area contributed by atoms with E-state index in [1.807, 2.05) is 13.8 Å². The van der Waals surface area contributed by atoms with Crippen molar-refractivity contribution in [1.29, 1.82) is 0 Å². The number of carbonyl (C=O) groups excluding carboxylic acids is 4. The first kappa shape index (κ1) is 32.3. The van der Waals surface area contributed by atoms with E-state index >= 15 is 0 Å². The van der Waals surface area contributed by atoms with Gasteiger partial charge in [-0.1, -0.05) is 37.0 Å². The van der Waals surface area contributed by atoms with Crippen molar-refractivity contribution < 1.29 is 52.7 Å². The van der Waals surface area contributed by atoms with E-state index < -0.39 is 61.3 Å². The van der Waals surface area contributed by atoms with Crippen LogP contribution in [0.15, 0.2) is 18.2 Å². The first-order chi connectivity index (χ1) is 19.2. The van der Waals surface area contributed by atoms with Crippen LogP contribution in [-0.4, -0.2) is 107 Å². The van der Waals surface area contributed by atoms with E-state index in [1.54, 1.807) is 0 Å². The standard InChI is InChI=1S/C25H32BCl2N3O10/c1-15(2)9-20(29-21(33)6-5-19(32)17-10-16(27)3-4-18(17)28)26-31(13-24(38)40-26,14-25(39)41-26)8-7-30(11-22(34)35)12-23(36)37/h3-4,10,15,20H,5-9,11-14H2,1-2H3,(H,29,33)(H,34,35)(H,36,37)/t20-,26?,31?/m0/s1. The Morgan fingerprint density at radius 1 is 1.02 bits per heavy atom. The maximum Gasteiger partial charge on any atom is 0.605 e. The molecule has 2 saturated heterocycles. The number of nitrogens with one attached hydrogen (secondary N) is 1. The number of fused-ring (bicyclic) bond motifs is 1. The Morgan fingerprint density at radius 3 is 2.15 bits per heavy atom. The highest BCUT2D eigenvalue weighted by atomic mass is 35.5. The van der Waals surface area contributed by atoms with Crippen LogP contribution in [-0.2, 0) is 33.3 Å². The highest BCUT2D eigenvalue weighted by molar-refractivity contribution is 6.68. The fourth-order valence-electron chi connectivity index (χ4n) is 5.54. The van der Waals surface area contributed by atoms with Gasteiger partial charge in [0.1, 0.15) is 13.1 Å². The van der Waals surface area contributed by atoms with Crippen molar-refractivity contribution >= 4 is 65.5 Å². The zero-order chi connectivity index (χ0) is 30.5. The van der Waals surface area contributed by atoms with Crippen molar-refractivity contribution in [2.45, 2.75) is 39.1 Å². The fourth-order valence-corrected chi connectivity index (χ4v) is 5.94. The molecule has 2 heterocycles. The van der Waals surface area contributed by atoms with Gasteiger partial charge in [-0.2, -0.15) is 0 Å². The molecule has 0 radical (unpaired) electrons. The molecule has 0 aliphatic carbocycles. The lowest BCUT2D eigenvalue weighted by atomic mass is 9.57. The summed E-state index contributed by atoms with van der Waals surface area (Å²) in [6.07, 6.45) is -0.192. The lowest BCUT2D eigenvalue weighted by molar-refractivity contribution is -0.816. The number of carbonyl (C=O) groups is 6. The topological polar surface area (TPSA) is 177 Å². The van der Waals surface area contributed by atoms with Crippen molar-refractivity contribution in [3.8, 4) is 0 Å². The zero-order valence-electron chi connectivity index (χ0n) is 22.6. The first-order valence-corrected chi connectivity index (χ1v) is 13.8. The lowest BCUT2D eigenvalue weighted by Gasteiger charge is -2.48. The molecule has 3 rings (SSSR count). The van der Waals surface area contributed by atoms with Crippen LogP contribution in [0.25, 0.3) is 0 Å². The number of aliphatic carboxylic acids is 2. The smallest absolute Gasteiger partial charge is 0.599 e. The summed E-state index contributed by atoms with van der Waals surface area (Å²) in [5.41, 5.74) is 0.172. The van der Waals surface area contributed by atoms with Gasteiger partial charge in [0.25, 0.3) is 0 Å². The molecule has 2 aliphatic heterocycles. The molecule has 0 aromatic heterocycles. The van der Waals surface area contributed by atoms with Gasteiger partial charge < -0.3 is 29.2 Å². The highest BCUT2D eigenvalue weighted by Crippen LogP contribution is 2.39. The van der Waals surface area contributed by atoms with E-state index in [9.17, 15) is 39.0 Å². The van der Waals surface area contributed by atoms with E-state index in [0.717, 1.165) is 4.90 Å². The number of hydrogen-bond donors (Lipinski definition) is 3. The van der Waals surface area contributed by atoms with Crippen LogP contribution in [0.5, 0.6) is 0 Å². The third kappa shape index (κ3) is 7.76. The molecule has 0 saturated carbocycles. The van der Waals surface area contributed by atoms with Crippen LogP contribution in [0.1, 0.15) is 43.5 Å². The highest BCUT2D eigenvalue weighted by Gasteiger charge is 2.70. The monoisotopic (exact) mass is 615 g/mol. The molecular weight excluding hydrogens is 584 g/mol. The Kier molecular flexibility index (Phi) is 10.4. The number of amides is 1. The predicted molar refractivity (Wildman–Crippen MR) is 146 cm³/mol. The van der Waals surface area contributed by atoms with Gasteiger partial charge in [0.2, 0.25) is 5.91 Å². The summed E-state index contributed by atoms with van der Waals surface area (Å²) in [7, 11) is 0. The molecule has 16 heteroatoms. The van der Waals surface area contributed by atoms with Crippen molar-refractivity contribution in [2.75, 3.05) is 39.3 Å². The Labute approximate surface area is 246 Å². The third-order valence-electron chi connectivity index (χ3n) is 7.22. The number of ketones is 1. The number of quaternary nitrogens is 1. The summed E-state index contributed by atoms with van der Waals surface area (Å²) >= 11 is 12.1. The Balaban J connectivity index is 1.83. The number of nitrogens with zero attached hydrogens (tertiary/aromatic N) is 2. The van der Waals surface area contributed by atoms with Gasteiger partial charge in [-0.05, 0) is 30.5 Å². The summed E-state index contributed by atoms with van der Waals surface area (Å²) in [6.45, 7) is -0.998. The Hall–Kier alpha value is -3.20. The quantitative estimate of drug-likeness (QED) is 0.192. The Bertz CT molecular complexity index is 1210. The fraction of sp³-hybridized carbons (Fsp3) is 0.520. The molecule has 0 bridgehead atoms. The van der Waals surface area contributed by atoms with Gasteiger partial charge in [0, 0.05) is 30.0 Å². The minimum absolute atomic E-state index is 0.0474. The van der Waals surface area contributed by atoms with E-state index in [4.69, 9.17) is 32.5 Å². The molecule has 2 aliphatic rings. The average molecular weight is 616 g/mol. The molecule has 2 fully saturated rings. The maximum absolute atomic E-state index is 13.1. The largest absolute Gasteiger partial charge is 0.605 e. The summed E-state index contributed by atoms with van der Waals surface area (Å²) in [6, 6.07) is 4.42. The third-order valence-corrected chi connectivity index (χ3v) is 7.78. The number of halogens is 2. The average Bonchev–Trinajstić information content (AvgIpc) is 3.27. The molecule has 1 aromatic rings. The van der Waals surface area contributed by atoms with Crippen LogP contribution in [0.4, 0.5) is 0 Å². The second kappa shape index (κ2) is 13.2. The molecule has 1 atom stereocenters. The lowest BCUT2D eigenvalue weighted by Crippen LogP contribution is -2.73. The van der Waals surface area contributed by atoms with Crippen LogP contribution < -0.4 is 5.32 Å². The van der Waals surface area contributed by atoms with Gasteiger partial charge in [0.15, 0.2) is 5.78 Å². The molecule has 224 valence electrons. The molecule has 41 heavy (non-hydrogen) atoms. The van der Waals surface area contributed by atoms with Gasteiger partial charge in [0.05, 0.1) is 30.6 Å². The summed E-state index contributed by atoms with van der Waals surface area (Å²) < 4.78 is 11.1. The number of rotatable bonds is 15. The number of Topliss-reactive ketones (excluding diaryl/α,β-unsaturated/α-hetero) is 1. The van der Waals surface area contributed by atoms with Gasteiger partial charge >= 0.3 is 30.6 Å². The molecule has 0 unspecified atom stereocenters. The minimum atomic E-state index is -2.85. The summed E-state index contributed by atoms with van der Waals surface area (Å²) in [5.74, 6) is -5.81. The van der Waals surface area contributed by atoms with Gasteiger partial charge in [-0.3, -0.25) is 33.7 Å². The number of carboxylic acid groups (broad SMARTS) is 2. The van der Waals surface area contributed by atoms with Gasteiger partial charge in [-0.25, -0.2) is 0 Å². The maximum atomic E-state index is 13.1. The number of benzene rings is 1. The van der Waals surface area contributed by atoms with Gasteiger partial charge in [-0.15, -0.1) is 0 Å². The number of carboxylic acids is 2. The van der Waals surface area contributed by atoms with E-state index in [2.05, 4.69) is 5.32 Å². The normalized spacial score (nSPS) is 22.3. The van der Waals surface area contributed by atoms with E-state index in [0.29, 0.717) is 5.02 Å². The molecular formula is C25H32BCl2N3O10. The second-order valence-electron chi connectivity index (χ2n) is 10.8. The zero-order valence-corrected chi connectivity index (χ0v) is 24.2. The molecule has 1 aromatic carbocycles. The van der Waals surface area contributed by atoms with E-state index in [1.165, 1.54) is 18.2 Å². The second-order valence-corrected chi connectivity index (χ2v) is 11.7. The van der Waals surface area contributed by atoms with Crippen LogP contribution >= 0.6 is 23.2 Å². The Morgan fingerprint density at radius 2 is 1.61 bits per heavy atom. The van der Waals surface area contributed by atoms with Crippen molar-refractivity contribution in [1.82, 2.24) is 10.2 Å². The summed E-state index contributed by atoms with van der Waals surface area (Å²) in [5, 5.41) is 21.7. The van der Waals surface area contributed by atoms with Crippen molar-refractivity contribution in [2.24, 2.45) is 5.92 Å². The summed E-state index contributed by atoms with van der Waals surface area (Å²) in [4.78, 5) is 74.9. The molecule has 1 amide bonds. The van der Waals surface area contributed by atoms with Crippen molar-refractivity contribution in [3.63, 3.8) is 0 Å². The minimum Gasteiger partial charge on any atom is -0.599 e.